The molecule has 0 N–H and O–H groups in total. The molecule has 0 aliphatic carbocycles. The second-order valence-corrected chi connectivity index (χ2v) is 12.7. The summed E-state index contributed by atoms with van der Waals surface area (Å²) in [6, 6.07) is 4.77. The largest absolute Gasteiger partial charge is 0.340 e. The van der Waals surface area contributed by atoms with E-state index in [1.807, 2.05) is 0 Å². The molecule has 0 spiro atoms. The van der Waals surface area contributed by atoms with Gasteiger partial charge in [0.25, 0.3) is 0 Å². The zero-order chi connectivity index (χ0) is 22.2. The minimum absolute atomic E-state index is 0.0297. The van der Waals surface area contributed by atoms with E-state index in [0.717, 1.165) is 12.1 Å². The Morgan fingerprint density at radius 3 is 2.29 bits per heavy atom. The standard InChI is InChI=1S/C20H28FN3O5S2/c21-17-3-5-19(6-4-17)31(28,29)24-8-1-2-16(14-24)20(25)23-11-9-22(10-12-23)18-7-13-30(26,27)15-18/h3-6,16,18H,1-2,7-15H2/t16-,18-/m1/s1. The predicted octanol–water partition coefficient (Wildman–Crippen LogP) is 0.558. The van der Waals surface area contributed by atoms with Crippen LogP contribution in [0.1, 0.15) is 19.3 Å². The van der Waals surface area contributed by atoms with Gasteiger partial charge in [-0.05, 0) is 43.5 Å². The Hall–Kier alpha value is -1.56. The van der Waals surface area contributed by atoms with Gasteiger partial charge in [-0.2, -0.15) is 4.31 Å². The molecular weight excluding hydrogens is 445 g/mol. The van der Waals surface area contributed by atoms with Gasteiger partial charge in [-0.3, -0.25) is 9.69 Å². The lowest BCUT2D eigenvalue weighted by Crippen LogP contribution is -2.55. The Balaban J connectivity index is 1.35. The number of halogens is 1. The van der Waals surface area contributed by atoms with Crippen LogP contribution in [-0.2, 0) is 24.7 Å². The Morgan fingerprint density at radius 1 is 1.00 bits per heavy atom. The van der Waals surface area contributed by atoms with Crippen molar-refractivity contribution < 1.29 is 26.0 Å². The summed E-state index contributed by atoms with van der Waals surface area (Å²) in [7, 11) is -6.72. The summed E-state index contributed by atoms with van der Waals surface area (Å²) in [6.45, 7) is 2.78. The maximum absolute atomic E-state index is 13.2. The highest BCUT2D eigenvalue weighted by atomic mass is 32.2. The van der Waals surface area contributed by atoms with Crippen molar-refractivity contribution >= 4 is 25.8 Å². The Labute approximate surface area is 183 Å². The van der Waals surface area contributed by atoms with E-state index < -0.39 is 31.6 Å². The number of hydrogen-bond acceptors (Lipinski definition) is 6. The molecule has 1 aromatic rings. The predicted molar refractivity (Wildman–Crippen MR) is 113 cm³/mol. The van der Waals surface area contributed by atoms with Crippen LogP contribution in [0.15, 0.2) is 29.2 Å². The van der Waals surface area contributed by atoms with Gasteiger partial charge in [-0.1, -0.05) is 0 Å². The van der Waals surface area contributed by atoms with Crippen LogP contribution < -0.4 is 0 Å². The molecular formula is C20H28FN3O5S2. The first-order valence-electron chi connectivity index (χ1n) is 10.6. The number of benzene rings is 1. The van der Waals surface area contributed by atoms with E-state index in [2.05, 4.69) is 4.90 Å². The van der Waals surface area contributed by atoms with Crippen molar-refractivity contribution in [2.24, 2.45) is 5.92 Å². The van der Waals surface area contributed by atoms with Gasteiger partial charge in [0.15, 0.2) is 9.84 Å². The summed E-state index contributed by atoms with van der Waals surface area (Å²) in [5.41, 5.74) is 0. The quantitative estimate of drug-likeness (QED) is 0.634. The van der Waals surface area contributed by atoms with Gasteiger partial charge in [0.1, 0.15) is 5.82 Å². The van der Waals surface area contributed by atoms with Gasteiger partial charge in [0.2, 0.25) is 15.9 Å². The number of rotatable bonds is 4. The third kappa shape index (κ3) is 4.94. The highest BCUT2D eigenvalue weighted by molar-refractivity contribution is 7.91. The molecule has 3 heterocycles. The van der Waals surface area contributed by atoms with Crippen molar-refractivity contribution in [3.63, 3.8) is 0 Å². The number of sulfonamides is 1. The van der Waals surface area contributed by atoms with Crippen LogP contribution in [0.2, 0.25) is 0 Å². The van der Waals surface area contributed by atoms with Crippen molar-refractivity contribution in [3.8, 4) is 0 Å². The minimum atomic E-state index is -3.78. The fourth-order valence-corrected chi connectivity index (χ4v) is 8.03. The van der Waals surface area contributed by atoms with Crippen LogP contribution in [0.25, 0.3) is 0 Å². The van der Waals surface area contributed by atoms with Gasteiger partial charge < -0.3 is 4.90 Å². The highest BCUT2D eigenvalue weighted by Crippen LogP contribution is 2.26. The first kappa shape index (κ1) is 22.6. The molecule has 8 nitrogen and oxygen atoms in total. The molecule has 3 aliphatic heterocycles. The molecule has 31 heavy (non-hydrogen) atoms. The van der Waals surface area contributed by atoms with E-state index in [1.165, 1.54) is 16.4 Å². The second kappa shape index (κ2) is 8.76. The molecule has 0 unspecified atom stereocenters. The normalized spacial score (nSPS) is 28.0. The van der Waals surface area contributed by atoms with Crippen LogP contribution >= 0.6 is 0 Å². The van der Waals surface area contributed by atoms with Gasteiger partial charge in [-0.15, -0.1) is 0 Å². The molecule has 1 amide bonds. The van der Waals surface area contributed by atoms with E-state index in [4.69, 9.17) is 0 Å². The molecule has 0 radical (unpaired) electrons. The van der Waals surface area contributed by atoms with Crippen LogP contribution in [0.5, 0.6) is 0 Å². The Morgan fingerprint density at radius 2 is 1.68 bits per heavy atom. The van der Waals surface area contributed by atoms with Crippen molar-refractivity contribution in [1.29, 1.82) is 0 Å². The van der Waals surface area contributed by atoms with E-state index in [9.17, 15) is 26.0 Å². The number of carbonyl (C=O) groups excluding carboxylic acids is 1. The molecule has 1 aromatic carbocycles. The molecule has 172 valence electrons. The number of nitrogens with zero attached hydrogens (tertiary/aromatic N) is 3. The molecule has 0 bridgehead atoms. The summed E-state index contributed by atoms with van der Waals surface area (Å²) >= 11 is 0. The number of carbonyl (C=O) groups is 1. The smallest absolute Gasteiger partial charge is 0.243 e. The maximum atomic E-state index is 13.2. The van der Waals surface area contributed by atoms with Crippen molar-refractivity contribution in [1.82, 2.24) is 14.1 Å². The molecule has 3 saturated heterocycles. The highest BCUT2D eigenvalue weighted by Gasteiger charge is 2.38. The molecule has 11 heteroatoms. The summed E-state index contributed by atoms with van der Waals surface area (Å²) in [5, 5.41) is 0. The molecule has 0 saturated carbocycles. The number of piperazine rings is 1. The van der Waals surface area contributed by atoms with Crippen molar-refractivity contribution in [2.45, 2.75) is 30.2 Å². The van der Waals surface area contributed by atoms with Gasteiger partial charge in [-0.25, -0.2) is 21.2 Å². The number of sulfone groups is 1. The number of hydrogen-bond donors (Lipinski definition) is 0. The van der Waals surface area contributed by atoms with E-state index >= 15 is 0 Å². The average molecular weight is 474 g/mol. The molecule has 0 aromatic heterocycles. The number of piperidine rings is 1. The Bertz CT molecular complexity index is 1020. The molecule has 3 aliphatic rings. The van der Waals surface area contributed by atoms with E-state index in [-0.39, 0.29) is 34.9 Å². The van der Waals surface area contributed by atoms with Gasteiger partial charge >= 0.3 is 0 Å². The van der Waals surface area contributed by atoms with Crippen LogP contribution in [0, 0.1) is 11.7 Å². The lowest BCUT2D eigenvalue weighted by Gasteiger charge is -2.40. The SMILES string of the molecule is O=C([C@@H]1CCCN(S(=O)(=O)c2ccc(F)cc2)C1)N1CCN([C@@H]2CCS(=O)(=O)C2)CC1. The zero-order valence-corrected chi connectivity index (χ0v) is 19.0. The first-order chi connectivity index (χ1) is 14.7. The van der Waals surface area contributed by atoms with Crippen LogP contribution in [0.3, 0.4) is 0 Å². The van der Waals surface area contributed by atoms with Crippen LogP contribution in [-0.4, -0.2) is 93.7 Å². The minimum Gasteiger partial charge on any atom is -0.340 e. The third-order valence-electron chi connectivity index (χ3n) is 6.54. The Kier molecular flexibility index (Phi) is 6.39. The zero-order valence-electron chi connectivity index (χ0n) is 17.3. The lowest BCUT2D eigenvalue weighted by atomic mass is 9.97. The van der Waals surface area contributed by atoms with E-state index in [1.54, 1.807) is 4.90 Å². The maximum Gasteiger partial charge on any atom is 0.243 e. The average Bonchev–Trinajstić information content (AvgIpc) is 3.13. The van der Waals surface area contributed by atoms with Gasteiger partial charge in [0, 0.05) is 45.3 Å². The number of amides is 1. The topological polar surface area (TPSA) is 95.1 Å². The summed E-state index contributed by atoms with van der Waals surface area (Å²) in [5.74, 6) is -0.517. The third-order valence-corrected chi connectivity index (χ3v) is 10.2. The fourth-order valence-electron chi connectivity index (χ4n) is 4.75. The summed E-state index contributed by atoms with van der Waals surface area (Å²) < 4.78 is 63.8. The summed E-state index contributed by atoms with van der Waals surface area (Å²) in [6.07, 6.45) is 1.88. The van der Waals surface area contributed by atoms with Crippen molar-refractivity contribution in [2.75, 3.05) is 50.8 Å². The van der Waals surface area contributed by atoms with Gasteiger partial charge in [0.05, 0.1) is 22.3 Å². The van der Waals surface area contributed by atoms with Crippen molar-refractivity contribution in [3.05, 3.63) is 30.1 Å². The molecule has 2 atom stereocenters. The van der Waals surface area contributed by atoms with E-state index in [0.29, 0.717) is 52.0 Å². The second-order valence-electron chi connectivity index (χ2n) is 8.57. The fraction of sp³-hybridized carbons (Fsp3) is 0.650. The lowest BCUT2D eigenvalue weighted by molar-refractivity contribution is -0.138. The first-order valence-corrected chi connectivity index (χ1v) is 13.9. The monoisotopic (exact) mass is 473 g/mol. The molecule has 4 rings (SSSR count). The summed E-state index contributed by atoms with van der Waals surface area (Å²) in [4.78, 5) is 17.0. The van der Waals surface area contributed by atoms with Crippen LogP contribution in [0.4, 0.5) is 4.39 Å². The molecule has 3 fully saturated rings.